The Morgan fingerprint density at radius 2 is 1.93 bits per heavy atom. The average molecular weight is 553 g/mol. The molecule has 3 aliphatic rings. The van der Waals surface area contributed by atoms with E-state index in [9.17, 15) is 10.1 Å². The number of rotatable bonds is 3. The van der Waals surface area contributed by atoms with Gasteiger partial charge < -0.3 is 14.5 Å². The molecule has 0 unspecified atom stereocenters. The molecule has 0 saturated carbocycles. The van der Waals surface area contributed by atoms with E-state index in [4.69, 9.17) is 4.74 Å². The molecule has 0 N–H and O–H groups in total. The zero-order chi connectivity index (χ0) is 28.7. The Balaban J connectivity index is 1.15. The van der Waals surface area contributed by atoms with Crippen molar-refractivity contribution in [3.05, 3.63) is 70.9 Å². The van der Waals surface area contributed by atoms with E-state index < -0.39 is 5.60 Å². The third-order valence-electron chi connectivity index (χ3n) is 8.64. The highest BCUT2D eigenvalue weighted by atomic mass is 16.6. The zero-order valence-corrected chi connectivity index (χ0v) is 24.6. The standard InChI is InChI=1S/C33H40N6O2/c1-23-18-38(30-10-9-26(17-34)31-29(30)6-5-12-35-31)22-28-21-36(14-15-39(23)28)19-24-7-8-25-11-13-37(20-27(25)16-24)32(40)41-33(2,3)4/h5-10,12,16,23,28H,11,13-15,18-22H2,1-4H3/t23-,28+/m1/s1. The van der Waals surface area contributed by atoms with Crippen LogP contribution in [0.4, 0.5) is 10.5 Å². The molecule has 0 bridgehead atoms. The van der Waals surface area contributed by atoms with Gasteiger partial charge in [0.2, 0.25) is 0 Å². The van der Waals surface area contributed by atoms with Crippen LogP contribution in [0.2, 0.25) is 0 Å². The lowest BCUT2D eigenvalue weighted by molar-refractivity contribution is 0.0223. The summed E-state index contributed by atoms with van der Waals surface area (Å²) in [6, 6.07) is 18.0. The van der Waals surface area contributed by atoms with Gasteiger partial charge in [-0.15, -0.1) is 0 Å². The number of hydrogen-bond donors (Lipinski definition) is 0. The van der Waals surface area contributed by atoms with Crippen LogP contribution >= 0.6 is 0 Å². The highest BCUT2D eigenvalue weighted by Gasteiger charge is 2.37. The van der Waals surface area contributed by atoms with E-state index in [2.05, 4.69) is 63.0 Å². The summed E-state index contributed by atoms with van der Waals surface area (Å²) >= 11 is 0. The molecule has 41 heavy (non-hydrogen) atoms. The number of ether oxygens (including phenoxy) is 1. The van der Waals surface area contributed by atoms with Gasteiger partial charge in [-0.1, -0.05) is 18.2 Å². The minimum absolute atomic E-state index is 0.230. The predicted molar refractivity (Wildman–Crippen MR) is 161 cm³/mol. The number of fused-ring (bicyclic) bond motifs is 3. The molecule has 4 heterocycles. The molecule has 0 aliphatic carbocycles. The van der Waals surface area contributed by atoms with Gasteiger partial charge in [0.05, 0.1) is 11.1 Å². The maximum absolute atomic E-state index is 12.7. The van der Waals surface area contributed by atoms with Crippen molar-refractivity contribution < 1.29 is 9.53 Å². The number of nitrogens with zero attached hydrogens (tertiary/aromatic N) is 6. The minimum atomic E-state index is -0.488. The van der Waals surface area contributed by atoms with Gasteiger partial charge in [-0.25, -0.2) is 4.79 Å². The number of amides is 1. The van der Waals surface area contributed by atoms with Crippen LogP contribution in [0.1, 0.15) is 49.9 Å². The third-order valence-corrected chi connectivity index (χ3v) is 8.64. The van der Waals surface area contributed by atoms with E-state index in [0.717, 1.165) is 56.6 Å². The van der Waals surface area contributed by atoms with Crippen LogP contribution in [0.5, 0.6) is 0 Å². The molecule has 8 heteroatoms. The molecule has 0 radical (unpaired) electrons. The van der Waals surface area contributed by atoms with Crippen LogP contribution in [-0.4, -0.2) is 82.7 Å². The van der Waals surface area contributed by atoms with Gasteiger partial charge in [-0.2, -0.15) is 5.26 Å². The van der Waals surface area contributed by atoms with Crippen molar-refractivity contribution in [2.75, 3.05) is 44.2 Å². The summed E-state index contributed by atoms with van der Waals surface area (Å²) in [5, 5.41) is 10.6. The lowest BCUT2D eigenvalue weighted by Gasteiger charge is -2.51. The van der Waals surface area contributed by atoms with Gasteiger partial charge in [0.1, 0.15) is 11.7 Å². The smallest absolute Gasteiger partial charge is 0.410 e. The number of piperazine rings is 2. The van der Waals surface area contributed by atoms with Crippen molar-refractivity contribution in [2.24, 2.45) is 0 Å². The van der Waals surface area contributed by atoms with Gasteiger partial charge in [-0.05, 0) is 75.1 Å². The Kier molecular flexibility index (Phi) is 7.35. The molecule has 3 aromatic rings. The first-order chi connectivity index (χ1) is 19.7. The number of carbonyl (C=O) groups is 1. The van der Waals surface area contributed by atoms with Gasteiger partial charge >= 0.3 is 6.09 Å². The zero-order valence-electron chi connectivity index (χ0n) is 24.6. The first-order valence-corrected chi connectivity index (χ1v) is 14.8. The Morgan fingerprint density at radius 1 is 1.07 bits per heavy atom. The van der Waals surface area contributed by atoms with Gasteiger partial charge in [0.25, 0.3) is 0 Å². The normalized spacial score (nSPS) is 21.7. The molecular weight excluding hydrogens is 512 g/mol. The fourth-order valence-corrected chi connectivity index (χ4v) is 6.74. The van der Waals surface area contributed by atoms with E-state index in [-0.39, 0.29) is 6.09 Å². The molecule has 6 rings (SSSR count). The summed E-state index contributed by atoms with van der Waals surface area (Å²) in [6.07, 6.45) is 2.40. The molecule has 3 aliphatic heterocycles. The highest BCUT2D eigenvalue weighted by Crippen LogP contribution is 2.32. The summed E-state index contributed by atoms with van der Waals surface area (Å²) in [7, 11) is 0. The fourth-order valence-electron chi connectivity index (χ4n) is 6.74. The molecular formula is C33H40N6O2. The van der Waals surface area contributed by atoms with E-state index in [0.29, 0.717) is 30.7 Å². The second-order valence-corrected chi connectivity index (χ2v) is 12.8. The number of aromatic nitrogens is 1. The molecule has 8 nitrogen and oxygen atoms in total. The fraction of sp³-hybridized carbons (Fsp3) is 0.485. The van der Waals surface area contributed by atoms with E-state index in [1.54, 1.807) is 6.20 Å². The number of benzene rings is 2. The number of nitriles is 1. The SMILES string of the molecule is C[C@@H]1CN(c2ccc(C#N)c3ncccc23)C[C@@H]2CN(Cc3ccc4c(c3)CN(C(=O)OC(C)(C)C)CC4)CCN21. The average Bonchev–Trinajstić information content (AvgIpc) is 2.95. The molecule has 1 amide bonds. The molecule has 214 valence electrons. The van der Waals surface area contributed by atoms with E-state index >= 15 is 0 Å². The highest BCUT2D eigenvalue weighted by molar-refractivity contribution is 5.95. The lowest BCUT2D eigenvalue weighted by Crippen LogP contribution is -2.65. The van der Waals surface area contributed by atoms with Crippen LogP contribution in [0.25, 0.3) is 10.9 Å². The van der Waals surface area contributed by atoms with Crippen molar-refractivity contribution in [2.45, 2.75) is 64.9 Å². The van der Waals surface area contributed by atoms with Crippen molar-refractivity contribution in [1.29, 1.82) is 5.26 Å². The van der Waals surface area contributed by atoms with Crippen LogP contribution in [0, 0.1) is 11.3 Å². The number of hydrogen-bond acceptors (Lipinski definition) is 7. The molecule has 2 fully saturated rings. The number of carbonyl (C=O) groups excluding carboxylic acids is 1. The van der Waals surface area contributed by atoms with Crippen molar-refractivity contribution in [3.63, 3.8) is 0 Å². The summed E-state index contributed by atoms with van der Waals surface area (Å²) < 4.78 is 5.63. The Morgan fingerprint density at radius 3 is 2.73 bits per heavy atom. The quantitative estimate of drug-likeness (QED) is 0.462. The van der Waals surface area contributed by atoms with Gasteiger partial charge in [0.15, 0.2) is 0 Å². The summed E-state index contributed by atoms with van der Waals surface area (Å²) in [5.74, 6) is 0. The number of anilines is 1. The Labute approximate surface area is 243 Å². The molecule has 0 spiro atoms. The van der Waals surface area contributed by atoms with E-state index in [1.807, 2.05) is 37.8 Å². The predicted octanol–water partition coefficient (Wildman–Crippen LogP) is 4.79. The third kappa shape index (κ3) is 5.74. The van der Waals surface area contributed by atoms with Gasteiger partial charge in [-0.3, -0.25) is 14.8 Å². The van der Waals surface area contributed by atoms with Crippen LogP contribution in [-0.2, 0) is 24.2 Å². The van der Waals surface area contributed by atoms with Crippen molar-refractivity contribution in [1.82, 2.24) is 19.7 Å². The Hall–Kier alpha value is -3.67. The second kappa shape index (κ2) is 11.0. The van der Waals surface area contributed by atoms with Gasteiger partial charge in [0, 0.05) is 81.7 Å². The largest absolute Gasteiger partial charge is 0.444 e. The van der Waals surface area contributed by atoms with Crippen LogP contribution in [0.3, 0.4) is 0 Å². The maximum atomic E-state index is 12.7. The summed E-state index contributed by atoms with van der Waals surface area (Å²) in [5.41, 5.74) is 5.95. The minimum Gasteiger partial charge on any atom is -0.444 e. The van der Waals surface area contributed by atoms with Crippen LogP contribution < -0.4 is 4.90 Å². The molecule has 2 saturated heterocycles. The van der Waals surface area contributed by atoms with Crippen LogP contribution in [0.15, 0.2) is 48.7 Å². The van der Waals surface area contributed by atoms with Crippen molar-refractivity contribution >= 4 is 22.7 Å². The molecule has 2 atom stereocenters. The lowest BCUT2D eigenvalue weighted by atomic mass is 9.96. The summed E-state index contributed by atoms with van der Waals surface area (Å²) in [4.78, 5) is 26.8. The summed E-state index contributed by atoms with van der Waals surface area (Å²) in [6.45, 7) is 15.3. The van der Waals surface area contributed by atoms with E-state index in [1.165, 1.54) is 22.4 Å². The maximum Gasteiger partial charge on any atom is 0.410 e. The monoisotopic (exact) mass is 552 g/mol. The van der Waals surface area contributed by atoms with Crippen molar-refractivity contribution in [3.8, 4) is 6.07 Å². The topological polar surface area (TPSA) is 75.9 Å². The number of pyridine rings is 1. The first-order valence-electron chi connectivity index (χ1n) is 14.8. The second-order valence-electron chi connectivity index (χ2n) is 12.8. The first kappa shape index (κ1) is 27.5. The molecule has 1 aromatic heterocycles. The molecule has 2 aromatic carbocycles. The Bertz CT molecular complexity index is 1490.